The molecule has 0 saturated carbocycles. The zero-order valence-corrected chi connectivity index (χ0v) is 11.2. The number of aryl methyl sites for hydroxylation is 1. The second-order valence-electron chi connectivity index (χ2n) is 4.78. The Kier molecular flexibility index (Phi) is 3.78. The van der Waals surface area contributed by atoms with Crippen molar-refractivity contribution in [3.63, 3.8) is 0 Å². The highest BCUT2D eigenvalue weighted by Crippen LogP contribution is 2.25. The normalized spacial score (nSPS) is 22.7. The van der Waals surface area contributed by atoms with E-state index in [1.165, 1.54) is 5.56 Å². The van der Waals surface area contributed by atoms with Gasteiger partial charge in [0, 0.05) is 31.9 Å². The predicted octanol–water partition coefficient (Wildman–Crippen LogP) is 1.63. The van der Waals surface area contributed by atoms with Gasteiger partial charge < -0.3 is 10.2 Å². The van der Waals surface area contributed by atoms with E-state index in [2.05, 4.69) is 24.4 Å². The summed E-state index contributed by atoms with van der Waals surface area (Å²) in [6.45, 7) is 5.50. The number of hydrogen-bond acceptors (Lipinski definition) is 2. The van der Waals surface area contributed by atoms with Crippen LogP contribution in [0.15, 0.2) is 24.3 Å². The molecule has 0 radical (unpaired) electrons. The summed E-state index contributed by atoms with van der Waals surface area (Å²) in [6, 6.07) is 8.63. The van der Waals surface area contributed by atoms with Crippen LogP contribution in [0.25, 0.3) is 0 Å². The average Bonchev–Trinajstić information content (AvgIpc) is 2.68. The summed E-state index contributed by atoms with van der Waals surface area (Å²) >= 11 is 0. The fourth-order valence-electron chi connectivity index (χ4n) is 2.63. The molecule has 2 heterocycles. The molecule has 98 valence electrons. The van der Waals surface area contributed by atoms with Gasteiger partial charge in [-0.05, 0) is 24.6 Å². The van der Waals surface area contributed by atoms with Crippen LogP contribution >= 0.6 is 12.4 Å². The van der Waals surface area contributed by atoms with Crippen molar-refractivity contribution < 1.29 is 4.79 Å². The predicted molar refractivity (Wildman–Crippen MR) is 74.5 cm³/mol. The maximum absolute atomic E-state index is 12.3. The number of carbonyl (C=O) groups is 1. The highest BCUT2D eigenvalue weighted by atomic mass is 35.5. The minimum atomic E-state index is 0. The van der Waals surface area contributed by atoms with Crippen LogP contribution in [0.5, 0.6) is 0 Å². The van der Waals surface area contributed by atoms with E-state index in [-0.39, 0.29) is 18.4 Å². The van der Waals surface area contributed by atoms with Gasteiger partial charge in [0.2, 0.25) is 0 Å². The molecule has 1 atom stereocenters. The van der Waals surface area contributed by atoms with E-state index in [0.29, 0.717) is 6.04 Å². The summed E-state index contributed by atoms with van der Waals surface area (Å²) in [6.07, 6.45) is 0. The molecule has 2 aliphatic heterocycles. The summed E-state index contributed by atoms with van der Waals surface area (Å²) in [5, 5.41) is 3.34. The number of rotatable bonds is 1. The highest BCUT2D eigenvalue weighted by Gasteiger charge is 2.38. The topological polar surface area (TPSA) is 35.6 Å². The van der Waals surface area contributed by atoms with E-state index in [4.69, 9.17) is 0 Å². The molecule has 5 heteroatoms. The maximum atomic E-state index is 12.3. The van der Waals surface area contributed by atoms with Crippen molar-refractivity contribution in [1.29, 1.82) is 0 Å². The molecule has 1 aromatic carbocycles. The molecule has 0 spiro atoms. The van der Waals surface area contributed by atoms with Gasteiger partial charge in [-0.3, -0.25) is 4.90 Å². The molecule has 2 saturated heterocycles. The number of halogens is 1. The van der Waals surface area contributed by atoms with Crippen molar-refractivity contribution in [1.82, 2.24) is 10.2 Å². The van der Waals surface area contributed by atoms with Crippen LogP contribution in [-0.2, 0) is 0 Å². The van der Waals surface area contributed by atoms with Crippen LogP contribution in [0.4, 0.5) is 10.5 Å². The third kappa shape index (κ3) is 2.18. The molecule has 2 fully saturated rings. The minimum absolute atomic E-state index is 0. The smallest absolute Gasteiger partial charge is 0.317 e. The Morgan fingerprint density at radius 2 is 2.22 bits per heavy atom. The lowest BCUT2D eigenvalue weighted by atomic mass is 10.2. The van der Waals surface area contributed by atoms with Crippen molar-refractivity contribution in [2.75, 3.05) is 31.1 Å². The van der Waals surface area contributed by atoms with Crippen LogP contribution in [0.2, 0.25) is 0 Å². The summed E-state index contributed by atoms with van der Waals surface area (Å²) in [5.41, 5.74) is 2.21. The van der Waals surface area contributed by atoms with Gasteiger partial charge in [0.05, 0.1) is 6.04 Å². The molecule has 3 rings (SSSR count). The van der Waals surface area contributed by atoms with Crippen LogP contribution in [0.3, 0.4) is 0 Å². The quantitative estimate of drug-likeness (QED) is 0.840. The molecule has 1 N–H and O–H groups in total. The summed E-state index contributed by atoms with van der Waals surface area (Å²) in [5.74, 6) is 0. The number of carbonyl (C=O) groups excluding carboxylic acids is 1. The maximum Gasteiger partial charge on any atom is 0.324 e. The SMILES string of the molecule is Cc1cccc(N2CC3CNCCN3C2=O)c1.Cl. The molecule has 2 aliphatic rings. The van der Waals surface area contributed by atoms with Crippen LogP contribution < -0.4 is 10.2 Å². The largest absolute Gasteiger partial charge is 0.324 e. The van der Waals surface area contributed by atoms with Crippen LogP contribution in [0.1, 0.15) is 5.56 Å². The van der Waals surface area contributed by atoms with E-state index >= 15 is 0 Å². The van der Waals surface area contributed by atoms with Gasteiger partial charge in [0.15, 0.2) is 0 Å². The van der Waals surface area contributed by atoms with Gasteiger partial charge in [0.1, 0.15) is 0 Å². The van der Waals surface area contributed by atoms with Crippen LogP contribution in [-0.4, -0.2) is 43.2 Å². The van der Waals surface area contributed by atoms with E-state index in [1.807, 2.05) is 21.9 Å². The Morgan fingerprint density at radius 3 is 2.94 bits per heavy atom. The van der Waals surface area contributed by atoms with Crippen molar-refractivity contribution in [3.8, 4) is 0 Å². The third-order valence-electron chi connectivity index (χ3n) is 3.53. The van der Waals surface area contributed by atoms with Gasteiger partial charge in [-0.15, -0.1) is 12.4 Å². The van der Waals surface area contributed by atoms with E-state index in [9.17, 15) is 4.79 Å². The Hall–Kier alpha value is -1.26. The summed E-state index contributed by atoms with van der Waals surface area (Å²) in [7, 11) is 0. The number of urea groups is 1. The lowest BCUT2D eigenvalue weighted by Gasteiger charge is -2.28. The lowest BCUT2D eigenvalue weighted by Crippen LogP contribution is -2.49. The molecule has 4 nitrogen and oxygen atoms in total. The molecule has 1 unspecified atom stereocenters. The molecular formula is C13H18ClN3O. The Morgan fingerprint density at radius 1 is 1.39 bits per heavy atom. The Labute approximate surface area is 113 Å². The average molecular weight is 268 g/mol. The van der Waals surface area contributed by atoms with Crippen molar-refractivity contribution in [2.45, 2.75) is 13.0 Å². The first-order chi connectivity index (χ1) is 8.25. The van der Waals surface area contributed by atoms with E-state index in [0.717, 1.165) is 31.9 Å². The lowest BCUT2D eigenvalue weighted by molar-refractivity contribution is 0.193. The highest BCUT2D eigenvalue weighted by molar-refractivity contribution is 5.94. The number of nitrogens with zero attached hydrogens (tertiary/aromatic N) is 2. The number of anilines is 1. The standard InChI is InChI=1S/C13H17N3O.ClH/c1-10-3-2-4-11(7-10)16-9-12-8-14-5-6-15(12)13(16)17;/h2-4,7,12,14H,5-6,8-9H2,1H3;1H. The second-order valence-corrected chi connectivity index (χ2v) is 4.78. The minimum Gasteiger partial charge on any atom is -0.317 e. The molecule has 18 heavy (non-hydrogen) atoms. The zero-order valence-electron chi connectivity index (χ0n) is 10.4. The fraction of sp³-hybridized carbons (Fsp3) is 0.462. The Balaban J connectivity index is 0.00000120. The van der Waals surface area contributed by atoms with Crippen molar-refractivity contribution in [2.24, 2.45) is 0 Å². The van der Waals surface area contributed by atoms with Crippen LogP contribution in [0, 0.1) is 6.92 Å². The summed E-state index contributed by atoms with van der Waals surface area (Å²) in [4.78, 5) is 16.2. The molecule has 2 amide bonds. The number of benzene rings is 1. The van der Waals surface area contributed by atoms with Gasteiger partial charge in [-0.25, -0.2) is 4.79 Å². The molecule has 1 aromatic rings. The first kappa shape index (κ1) is 13.2. The molecular weight excluding hydrogens is 250 g/mol. The number of hydrogen-bond donors (Lipinski definition) is 1. The second kappa shape index (κ2) is 5.16. The number of nitrogens with one attached hydrogen (secondary N) is 1. The van der Waals surface area contributed by atoms with Crippen molar-refractivity contribution in [3.05, 3.63) is 29.8 Å². The van der Waals surface area contributed by atoms with Gasteiger partial charge >= 0.3 is 6.03 Å². The number of amides is 2. The van der Waals surface area contributed by atoms with E-state index < -0.39 is 0 Å². The molecule has 0 bridgehead atoms. The van der Waals surface area contributed by atoms with Gasteiger partial charge in [0.25, 0.3) is 0 Å². The van der Waals surface area contributed by atoms with Gasteiger partial charge in [-0.2, -0.15) is 0 Å². The monoisotopic (exact) mass is 267 g/mol. The summed E-state index contributed by atoms with van der Waals surface area (Å²) < 4.78 is 0. The zero-order chi connectivity index (χ0) is 11.8. The van der Waals surface area contributed by atoms with E-state index in [1.54, 1.807) is 0 Å². The third-order valence-corrected chi connectivity index (χ3v) is 3.53. The fourth-order valence-corrected chi connectivity index (χ4v) is 2.63. The van der Waals surface area contributed by atoms with Crippen molar-refractivity contribution >= 4 is 24.1 Å². The molecule has 0 aromatic heterocycles. The Bertz CT molecular complexity index is 452. The first-order valence-electron chi connectivity index (χ1n) is 6.11. The molecule has 0 aliphatic carbocycles. The number of piperazine rings is 1. The number of fused-ring (bicyclic) bond motifs is 1. The van der Waals surface area contributed by atoms with Gasteiger partial charge in [-0.1, -0.05) is 12.1 Å². The first-order valence-corrected chi connectivity index (χ1v) is 6.11.